The Morgan fingerprint density at radius 3 is 2.45 bits per heavy atom. The molecule has 6 heteroatoms. The molecule has 0 aliphatic carbocycles. The average molecular weight is 419 g/mol. The number of benzene rings is 2. The van der Waals surface area contributed by atoms with E-state index in [4.69, 9.17) is 4.74 Å². The van der Waals surface area contributed by atoms with Gasteiger partial charge in [0, 0.05) is 26.2 Å². The molecule has 1 aliphatic rings. The maximum absolute atomic E-state index is 13.0. The van der Waals surface area contributed by atoms with Crippen molar-refractivity contribution in [2.75, 3.05) is 26.3 Å². The third kappa shape index (κ3) is 5.40. The van der Waals surface area contributed by atoms with Gasteiger partial charge in [0.15, 0.2) is 0 Å². The van der Waals surface area contributed by atoms with E-state index in [0.717, 1.165) is 50.5 Å². The molecule has 4 rings (SSSR count). The predicted octanol–water partition coefficient (Wildman–Crippen LogP) is 3.26. The second-order valence-corrected chi connectivity index (χ2v) is 7.84. The fourth-order valence-electron chi connectivity index (χ4n) is 4.02. The van der Waals surface area contributed by atoms with Crippen LogP contribution in [0, 0.1) is 0 Å². The minimum Gasteiger partial charge on any atom is -0.379 e. The average Bonchev–Trinajstić information content (AvgIpc) is 3.22. The normalized spacial score (nSPS) is 14.5. The van der Waals surface area contributed by atoms with Crippen LogP contribution < -0.4 is 5.32 Å². The van der Waals surface area contributed by atoms with Crippen LogP contribution in [0.3, 0.4) is 0 Å². The molecule has 31 heavy (non-hydrogen) atoms. The lowest BCUT2D eigenvalue weighted by Gasteiger charge is -2.27. The summed E-state index contributed by atoms with van der Waals surface area (Å²) in [5, 5.41) is 7.60. The maximum atomic E-state index is 13.0. The van der Waals surface area contributed by atoms with E-state index in [9.17, 15) is 4.79 Å². The van der Waals surface area contributed by atoms with Gasteiger partial charge in [-0.3, -0.25) is 14.4 Å². The second kappa shape index (κ2) is 10.4. The van der Waals surface area contributed by atoms with E-state index >= 15 is 0 Å². The van der Waals surface area contributed by atoms with Gasteiger partial charge in [-0.15, -0.1) is 0 Å². The Balaban J connectivity index is 1.42. The van der Waals surface area contributed by atoms with Gasteiger partial charge in [0.1, 0.15) is 0 Å². The highest BCUT2D eigenvalue weighted by Gasteiger charge is 2.17. The number of aromatic nitrogens is 2. The van der Waals surface area contributed by atoms with E-state index in [0.29, 0.717) is 18.7 Å². The number of amides is 1. The first-order valence-corrected chi connectivity index (χ1v) is 11.0. The Bertz CT molecular complexity index is 994. The number of morpholine rings is 1. The zero-order chi connectivity index (χ0) is 21.5. The molecule has 1 amide bonds. The van der Waals surface area contributed by atoms with E-state index in [1.54, 1.807) is 6.20 Å². The molecule has 0 atom stereocenters. The summed E-state index contributed by atoms with van der Waals surface area (Å²) in [6.45, 7) is 7.57. The number of nitrogens with one attached hydrogen (secondary N) is 1. The zero-order valence-electron chi connectivity index (χ0n) is 18.1. The molecule has 162 valence electrons. The van der Waals surface area contributed by atoms with Gasteiger partial charge >= 0.3 is 0 Å². The Kier molecular flexibility index (Phi) is 7.12. The smallest absolute Gasteiger partial charge is 0.255 e. The Hall–Kier alpha value is -2.96. The fourth-order valence-corrected chi connectivity index (χ4v) is 4.02. The molecule has 3 aromatic rings. The molecule has 1 aliphatic heterocycles. The number of hydrogen-bond donors (Lipinski definition) is 1. The summed E-state index contributed by atoms with van der Waals surface area (Å²) in [6, 6.07) is 18.5. The molecule has 0 saturated carbocycles. The van der Waals surface area contributed by atoms with Crippen molar-refractivity contribution in [2.24, 2.45) is 0 Å². The number of ether oxygens (including phenoxy) is 1. The summed E-state index contributed by atoms with van der Waals surface area (Å²) in [5.74, 6) is -0.0719. The lowest BCUT2D eigenvalue weighted by molar-refractivity contribution is 0.0340. The van der Waals surface area contributed by atoms with Crippen molar-refractivity contribution in [3.05, 3.63) is 88.7 Å². The van der Waals surface area contributed by atoms with Crippen molar-refractivity contribution in [3.8, 4) is 0 Å². The SMILES string of the molecule is CCc1c(C(=O)NCc2ccccc2CN2CCOCC2)cnn1Cc1ccccc1. The third-order valence-electron chi connectivity index (χ3n) is 5.76. The van der Waals surface area contributed by atoms with Gasteiger partial charge in [-0.05, 0) is 23.1 Å². The van der Waals surface area contributed by atoms with E-state index in [1.165, 1.54) is 11.1 Å². The van der Waals surface area contributed by atoms with E-state index in [2.05, 4.69) is 52.6 Å². The van der Waals surface area contributed by atoms with Crippen LogP contribution in [-0.2, 0) is 30.8 Å². The van der Waals surface area contributed by atoms with Crippen LogP contribution in [0.5, 0.6) is 0 Å². The van der Waals surface area contributed by atoms with Crippen molar-refractivity contribution in [2.45, 2.75) is 33.0 Å². The van der Waals surface area contributed by atoms with Gasteiger partial charge in [-0.25, -0.2) is 0 Å². The molecular weight excluding hydrogens is 388 g/mol. The second-order valence-electron chi connectivity index (χ2n) is 7.84. The fraction of sp³-hybridized carbons (Fsp3) is 0.360. The van der Waals surface area contributed by atoms with E-state index < -0.39 is 0 Å². The molecule has 1 fully saturated rings. The molecule has 1 N–H and O–H groups in total. The van der Waals surface area contributed by atoms with Crippen LogP contribution in [0.2, 0.25) is 0 Å². The van der Waals surface area contributed by atoms with Crippen molar-refractivity contribution in [1.82, 2.24) is 20.0 Å². The molecule has 6 nitrogen and oxygen atoms in total. The van der Waals surface area contributed by atoms with Crippen LogP contribution >= 0.6 is 0 Å². The van der Waals surface area contributed by atoms with Crippen molar-refractivity contribution in [1.29, 1.82) is 0 Å². The molecule has 2 aromatic carbocycles. The molecule has 0 bridgehead atoms. The first kappa shape index (κ1) is 21.3. The largest absolute Gasteiger partial charge is 0.379 e. The Morgan fingerprint density at radius 1 is 1.00 bits per heavy atom. The van der Waals surface area contributed by atoms with Gasteiger partial charge in [-0.2, -0.15) is 5.10 Å². The molecule has 0 unspecified atom stereocenters. The monoisotopic (exact) mass is 418 g/mol. The molecule has 1 saturated heterocycles. The number of carbonyl (C=O) groups is 1. The van der Waals surface area contributed by atoms with Crippen LogP contribution in [0.15, 0.2) is 60.8 Å². The Labute approximate surface area is 183 Å². The lowest BCUT2D eigenvalue weighted by atomic mass is 10.1. The number of carbonyl (C=O) groups excluding carboxylic acids is 1. The first-order chi connectivity index (χ1) is 15.2. The summed E-state index contributed by atoms with van der Waals surface area (Å²) in [6.07, 6.45) is 2.44. The van der Waals surface area contributed by atoms with Crippen molar-refractivity contribution >= 4 is 5.91 Å². The van der Waals surface area contributed by atoms with Crippen LogP contribution in [0.1, 0.15) is 39.7 Å². The summed E-state index contributed by atoms with van der Waals surface area (Å²) in [5.41, 5.74) is 5.19. The summed E-state index contributed by atoms with van der Waals surface area (Å²) in [7, 11) is 0. The van der Waals surface area contributed by atoms with Crippen molar-refractivity contribution in [3.63, 3.8) is 0 Å². The molecule has 2 heterocycles. The minimum atomic E-state index is -0.0719. The van der Waals surface area contributed by atoms with Gasteiger partial charge < -0.3 is 10.1 Å². The number of hydrogen-bond acceptors (Lipinski definition) is 4. The Morgan fingerprint density at radius 2 is 1.71 bits per heavy atom. The van der Waals surface area contributed by atoms with Crippen LogP contribution in [0.25, 0.3) is 0 Å². The first-order valence-electron chi connectivity index (χ1n) is 11.0. The summed E-state index contributed by atoms with van der Waals surface area (Å²) in [4.78, 5) is 15.4. The van der Waals surface area contributed by atoms with E-state index in [1.807, 2.05) is 28.9 Å². The van der Waals surface area contributed by atoms with E-state index in [-0.39, 0.29) is 5.91 Å². The highest BCUT2D eigenvalue weighted by molar-refractivity contribution is 5.95. The molecule has 0 spiro atoms. The maximum Gasteiger partial charge on any atom is 0.255 e. The highest BCUT2D eigenvalue weighted by atomic mass is 16.5. The summed E-state index contributed by atoms with van der Waals surface area (Å²) >= 11 is 0. The van der Waals surface area contributed by atoms with Gasteiger partial charge in [0.25, 0.3) is 5.91 Å². The van der Waals surface area contributed by atoms with Crippen LogP contribution in [0.4, 0.5) is 0 Å². The minimum absolute atomic E-state index is 0.0719. The molecule has 1 aromatic heterocycles. The quantitative estimate of drug-likeness (QED) is 0.610. The molecular formula is C25H30N4O2. The summed E-state index contributed by atoms with van der Waals surface area (Å²) < 4.78 is 7.38. The number of nitrogens with zero attached hydrogens (tertiary/aromatic N) is 3. The van der Waals surface area contributed by atoms with Gasteiger partial charge in [0.2, 0.25) is 0 Å². The standard InChI is InChI=1S/C25H30N4O2/c1-2-24-23(17-27-29(24)18-20-8-4-3-5-9-20)25(30)26-16-21-10-6-7-11-22(21)19-28-12-14-31-15-13-28/h3-11,17H,2,12-16,18-19H2,1H3,(H,26,30). The van der Waals surface area contributed by atoms with Crippen molar-refractivity contribution < 1.29 is 9.53 Å². The zero-order valence-corrected chi connectivity index (χ0v) is 18.1. The highest BCUT2D eigenvalue weighted by Crippen LogP contribution is 2.15. The third-order valence-corrected chi connectivity index (χ3v) is 5.76. The topological polar surface area (TPSA) is 59.4 Å². The van der Waals surface area contributed by atoms with Crippen LogP contribution in [-0.4, -0.2) is 46.9 Å². The molecule has 0 radical (unpaired) electrons. The predicted molar refractivity (Wildman–Crippen MR) is 121 cm³/mol. The lowest BCUT2D eigenvalue weighted by Crippen LogP contribution is -2.36. The van der Waals surface area contributed by atoms with Gasteiger partial charge in [-0.1, -0.05) is 61.5 Å². The number of rotatable bonds is 8. The van der Waals surface area contributed by atoms with Gasteiger partial charge in [0.05, 0.1) is 37.2 Å².